The fraction of sp³-hybridized carbons (Fsp3) is 0.478. The average molecular weight is 391 g/mol. The molecule has 2 aromatic rings. The quantitative estimate of drug-likeness (QED) is 0.761. The third-order valence-electron chi connectivity index (χ3n) is 3.62. The number of benzene rings is 1. The van der Waals surface area contributed by atoms with E-state index >= 15 is 0 Å². The number of rotatable bonds is 6. The van der Waals surface area contributed by atoms with Gasteiger partial charge in [-0.25, -0.2) is 0 Å². The van der Waals surface area contributed by atoms with Crippen molar-refractivity contribution in [2.45, 2.75) is 47.3 Å². The van der Waals surface area contributed by atoms with Crippen LogP contribution in [-0.4, -0.2) is 38.6 Å². The Morgan fingerprint density at radius 1 is 1.04 bits per heavy atom. The molecule has 0 radical (unpaired) electrons. The van der Waals surface area contributed by atoms with E-state index in [1.54, 1.807) is 31.2 Å². The smallest absolute Gasteiger partial charge is 0.254 e. The van der Waals surface area contributed by atoms with Crippen molar-refractivity contribution < 1.29 is 14.1 Å². The van der Waals surface area contributed by atoms with E-state index in [0.29, 0.717) is 18.8 Å². The van der Waals surface area contributed by atoms with Gasteiger partial charge in [0.15, 0.2) is 12.4 Å². The molecule has 1 heterocycles. The molecule has 0 bridgehead atoms. The van der Waals surface area contributed by atoms with E-state index in [-0.39, 0.29) is 5.91 Å². The summed E-state index contributed by atoms with van der Waals surface area (Å²) in [7, 11) is 4.93. The summed E-state index contributed by atoms with van der Waals surface area (Å²) >= 11 is 0. The lowest BCUT2D eigenvalue weighted by atomic mass is 10.1. The van der Waals surface area contributed by atoms with Gasteiger partial charge in [0.25, 0.3) is 12.6 Å². The van der Waals surface area contributed by atoms with Gasteiger partial charge in [-0.15, -0.1) is 0 Å². The molecule has 0 unspecified atom stereocenters. The van der Waals surface area contributed by atoms with Gasteiger partial charge in [-0.1, -0.05) is 57.5 Å². The van der Waals surface area contributed by atoms with Crippen molar-refractivity contribution in [1.29, 1.82) is 0 Å². The van der Waals surface area contributed by atoms with Gasteiger partial charge in [0.05, 0.1) is 5.56 Å². The van der Waals surface area contributed by atoms with Gasteiger partial charge in [-0.3, -0.25) is 4.79 Å². The lowest BCUT2D eigenvalue weighted by molar-refractivity contribution is -0.731. The minimum absolute atomic E-state index is 0.0436. The number of amides is 1. The number of hydrogen-bond donors (Lipinski definition) is 1. The Labute approximate surface area is 172 Å². The zero-order chi connectivity index (χ0) is 21.8. The summed E-state index contributed by atoms with van der Waals surface area (Å²) in [6.07, 6.45) is 6.12. The number of aryl methyl sites for hydroxylation is 1. The third-order valence-corrected chi connectivity index (χ3v) is 3.62. The SMILES string of the molecule is CC.CCCc1ccccc1.CCN(C)C(=O)c1cc[n+](COC)cc1.CN. The maximum Gasteiger partial charge on any atom is 0.254 e. The molecule has 0 aliphatic rings. The van der Waals surface area contributed by atoms with Crippen LogP contribution < -0.4 is 10.3 Å². The molecule has 0 atom stereocenters. The molecule has 0 fully saturated rings. The van der Waals surface area contributed by atoms with Crippen LogP contribution in [0.25, 0.3) is 0 Å². The third kappa shape index (κ3) is 12.2. The highest BCUT2D eigenvalue weighted by Gasteiger charge is 2.11. The number of aromatic nitrogens is 1. The normalized spacial score (nSPS) is 8.86. The van der Waals surface area contributed by atoms with Crippen LogP contribution in [0, 0.1) is 0 Å². The molecular formula is C23H40N3O2+. The number of nitrogens with two attached hydrogens (primary N) is 1. The lowest BCUT2D eigenvalue weighted by Crippen LogP contribution is -2.34. The Balaban J connectivity index is 0. The predicted molar refractivity (Wildman–Crippen MR) is 118 cm³/mol. The molecule has 0 saturated heterocycles. The van der Waals surface area contributed by atoms with Gasteiger partial charge in [-0.2, -0.15) is 4.57 Å². The second-order valence-electron chi connectivity index (χ2n) is 5.57. The largest absolute Gasteiger partial charge is 0.342 e. The minimum Gasteiger partial charge on any atom is -0.342 e. The number of carbonyl (C=O) groups excluding carboxylic acids is 1. The number of hydrogen-bond acceptors (Lipinski definition) is 3. The zero-order valence-electron chi connectivity index (χ0n) is 18.8. The summed E-state index contributed by atoms with van der Waals surface area (Å²) in [4.78, 5) is 13.4. The van der Waals surface area contributed by atoms with Crippen LogP contribution in [0.1, 0.15) is 50.0 Å². The minimum atomic E-state index is 0.0436. The first-order chi connectivity index (χ1) is 13.6. The van der Waals surface area contributed by atoms with Crippen molar-refractivity contribution in [3.63, 3.8) is 0 Å². The second kappa shape index (κ2) is 19.5. The molecule has 1 amide bonds. The van der Waals surface area contributed by atoms with Gasteiger partial charge in [0.2, 0.25) is 0 Å². The number of methoxy groups -OCH3 is 1. The van der Waals surface area contributed by atoms with Crippen molar-refractivity contribution in [1.82, 2.24) is 4.90 Å². The van der Waals surface area contributed by atoms with E-state index in [1.165, 1.54) is 25.5 Å². The molecule has 158 valence electrons. The first-order valence-corrected chi connectivity index (χ1v) is 9.97. The maximum atomic E-state index is 11.7. The van der Waals surface area contributed by atoms with Crippen LogP contribution in [0.3, 0.4) is 0 Å². The Hall–Kier alpha value is -2.24. The topological polar surface area (TPSA) is 59.4 Å². The van der Waals surface area contributed by atoms with Crippen molar-refractivity contribution in [2.24, 2.45) is 5.73 Å². The van der Waals surface area contributed by atoms with Crippen molar-refractivity contribution in [3.05, 3.63) is 66.0 Å². The summed E-state index contributed by atoms with van der Waals surface area (Å²) in [5.41, 5.74) is 6.65. The monoisotopic (exact) mass is 390 g/mol. The number of pyridine rings is 1. The van der Waals surface area contributed by atoms with Crippen LogP contribution >= 0.6 is 0 Å². The van der Waals surface area contributed by atoms with E-state index in [2.05, 4.69) is 43.0 Å². The summed E-state index contributed by atoms with van der Waals surface area (Å²) < 4.78 is 6.83. The van der Waals surface area contributed by atoms with Crippen LogP contribution in [0.4, 0.5) is 0 Å². The molecule has 0 aliphatic carbocycles. The van der Waals surface area contributed by atoms with Crippen LogP contribution in [0.15, 0.2) is 54.9 Å². The Kier molecular flexibility index (Phi) is 19.5. The molecule has 1 aromatic heterocycles. The zero-order valence-corrected chi connectivity index (χ0v) is 18.8. The fourth-order valence-corrected chi connectivity index (χ4v) is 2.13. The summed E-state index contributed by atoms with van der Waals surface area (Å²) in [6.45, 7) is 9.36. The van der Waals surface area contributed by atoms with Crippen LogP contribution in [0.2, 0.25) is 0 Å². The Morgan fingerprint density at radius 3 is 2.00 bits per heavy atom. The Bertz CT molecular complexity index is 587. The molecule has 5 nitrogen and oxygen atoms in total. The van der Waals surface area contributed by atoms with Gasteiger partial charge in [0, 0.05) is 32.8 Å². The van der Waals surface area contributed by atoms with E-state index in [0.717, 1.165) is 0 Å². The number of nitrogens with zero attached hydrogens (tertiary/aromatic N) is 2. The average Bonchev–Trinajstić information content (AvgIpc) is 2.78. The van der Waals surface area contributed by atoms with Gasteiger partial charge in [-0.05, 0) is 26.0 Å². The van der Waals surface area contributed by atoms with Crippen LogP contribution in [-0.2, 0) is 17.9 Å². The summed E-state index contributed by atoms with van der Waals surface area (Å²) in [6, 6.07) is 14.2. The van der Waals surface area contributed by atoms with Crippen molar-refractivity contribution in [2.75, 3.05) is 27.7 Å². The van der Waals surface area contributed by atoms with Gasteiger partial charge < -0.3 is 15.4 Å². The number of ether oxygens (including phenoxy) is 1. The highest BCUT2D eigenvalue weighted by Crippen LogP contribution is 2.01. The highest BCUT2D eigenvalue weighted by atomic mass is 16.5. The molecule has 5 heteroatoms. The number of carbonyl (C=O) groups is 1. The molecule has 0 saturated carbocycles. The summed E-state index contributed by atoms with van der Waals surface area (Å²) in [5.74, 6) is 0.0436. The Morgan fingerprint density at radius 2 is 1.57 bits per heavy atom. The first kappa shape index (κ1) is 28.0. The maximum absolute atomic E-state index is 11.7. The molecule has 2 N–H and O–H groups in total. The second-order valence-corrected chi connectivity index (χ2v) is 5.57. The predicted octanol–water partition coefficient (Wildman–Crippen LogP) is 3.91. The molecular weight excluding hydrogens is 350 g/mol. The highest BCUT2D eigenvalue weighted by molar-refractivity contribution is 5.93. The van der Waals surface area contributed by atoms with Gasteiger partial charge >= 0.3 is 0 Å². The van der Waals surface area contributed by atoms with E-state index in [9.17, 15) is 4.79 Å². The van der Waals surface area contributed by atoms with Crippen molar-refractivity contribution >= 4 is 5.91 Å². The van der Waals surface area contributed by atoms with E-state index in [1.807, 2.05) is 37.7 Å². The molecule has 1 aromatic carbocycles. The first-order valence-electron chi connectivity index (χ1n) is 9.97. The molecule has 28 heavy (non-hydrogen) atoms. The molecule has 2 rings (SSSR count). The van der Waals surface area contributed by atoms with Crippen molar-refractivity contribution in [3.8, 4) is 0 Å². The lowest BCUT2D eigenvalue weighted by Gasteiger charge is -2.13. The molecule has 0 aliphatic heterocycles. The van der Waals surface area contributed by atoms with Crippen LogP contribution in [0.5, 0.6) is 0 Å². The summed E-state index contributed by atoms with van der Waals surface area (Å²) in [5, 5.41) is 0. The molecule has 0 spiro atoms. The van der Waals surface area contributed by atoms with E-state index < -0.39 is 0 Å². The fourth-order valence-electron chi connectivity index (χ4n) is 2.13. The van der Waals surface area contributed by atoms with Gasteiger partial charge in [0.1, 0.15) is 0 Å². The standard InChI is InChI=1S/C11H17N2O2.C9H12.C2H6.CH5N/c1-4-12(2)11(14)10-5-7-13(8-6-10)9-15-3;1-2-6-9-7-4-3-5-8-9;2*1-2/h5-8H,4,9H2,1-3H3;3-5,7-8H,2,6H2,1H3;1-2H3;2H2,1H3/q+1;;;. The van der Waals surface area contributed by atoms with E-state index in [4.69, 9.17) is 4.74 Å².